The number of thiazole rings is 1. The zero-order chi connectivity index (χ0) is 18.3. The Kier molecular flexibility index (Phi) is 3.88. The standard InChI is InChI=1S/C16H14N6O3S/c1-8-17-6-11(25-8)14(23)21-16-20-12-13(26-16)10(5-18-15(12)24-3)9-4-19-22(2)7-9/h4-7H,1-3H3,(H,20,21,23). The van der Waals surface area contributed by atoms with Gasteiger partial charge in [0.2, 0.25) is 11.6 Å². The van der Waals surface area contributed by atoms with Gasteiger partial charge in [0.05, 0.1) is 24.2 Å². The lowest BCUT2D eigenvalue weighted by Gasteiger charge is -2.02. The SMILES string of the molecule is COc1ncc(-c2cnn(C)c2)c2sc(NC(=O)c3cnc(C)o3)nc12. The third-order valence-electron chi connectivity index (χ3n) is 3.66. The summed E-state index contributed by atoms with van der Waals surface area (Å²) in [6.07, 6.45) is 6.72. The van der Waals surface area contributed by atoms with Crippen LogP contribution < -0.4 is 10.1 Å². The number of ether oxygens (including phenoxy) is 1. The number of rotatable bonds is 4. The summed E-state index contributed by atoms with van der Waals surface area (Å²) in [6.45, 7) is 1.67. The lowest BCUT2D eigenvalue weighted by atomic mass is 10.1. The third-order valence-corrected chi connectivity index (χ3v) is 4.66. The Labute approximate surface area is 151 Å². The normalized spacial score (nSPS) is 11.0. The fourth-order valence-electron chi connectivity index (χ4n) is 2.48. The molecule has 132 valence electrons. The molecule has 0 atom stereocenters. The van der Waals surface area contributed by atoms with Crippen LogP contribution in [0.25, 0.3) is 21.3 Å². The van der Waals surface area contributed by atoms with Gasteiger partial charge in [0.25, 0.3) is 5.91 Å². The van der Waals surface area contributed by atoms with Crippen LogP contribution >= 0.6 is 11.3 Å². The second-order valence-corrected chi connectivity index (χ2v) is 6.48. The number of carbonyl (C=O) groups excluding carboxylic acids is 1. The van der Waals surface area contributed by atoms with Crippen molar-refractivity contribution in [1.29, 1.82) is 0 Å². The lowest BCUT2D eigenvalue weighted by Crippen LogP contribution is -2.10. The number of methoxy groups -OCH3 is 1. The summed E-state index contributed by atoms with van der Waals surface area (Å²) in [7, 11) is 3.37. The van der Waals surface area contributed by atoms with Gasteiger partial charge in [0, 0.05) is 37.5 Å². The molecule has 0 unspecified atom stereocenters. The Balaban J connectivity index is 1.76. The molecule has 0 aliphatic rings. The molecule has 0 aromatic carbocycles. The number of anilines is 1. The van der Waals surface area contributed by atoms with E-state index in [-0.39, 0.29) is 5.76 Å². The fraction of sp³-hybridized carbons (Fsp3) is 0.188. The van der Waals surface area contributed by atoms with Gasteiger partial charge in [-0.2, -0.15) is 5.10 Å². The predicted molar refractivity (Wildman–Crippen MR) is 95.4 cm³/mol. The van der Waals surface area contributed by atoms with Crippen LogP contribution in [0.2, 0.25) is 0 Å². The maximum absolute atomic E-state index is 12.3. The van der Waals surface area contributed by atoms with Crippen molar-refractivity contribution in [2.24, 2.45) is 7.05 Å². The molecular formula is C16H14N6O3S. The van der Waals surface area contributed by atoms with Gasteiger partial charge in [0.1, 0.15) is 5.52 Å². The van der Waals surface area contributed by atoms with Crippen LogP contribution in [0.4, 0.5) is 5.13 Å². The van der Waals surface area contributed by atoms with E-state index in [2.05, 4.69) is 25.4 Å². The highest BCUT2D eigenvalue weighted by molar-refractivity contribution is 7.23. The molecule has 0 aliphatic heterocycles. The molecule has 4 aromatic rings. The van der Waals surface area contributed by atoms with Crippen molar-refractivity contribution in [3.05, 3.63) is 36.4 Å². The first-order valence-electron chi connectivity index (χ1n) is 7.61. The Morgan fingerprint density at radius 1 is 1.31 bits per heavy atom. The zero-order valence-electron chi connectivity index (χ0n) is 14.2. The van der Waals surface area contributed by atoms with Crippen molar-refractivity contribution in [3.8, 4) is 17.0 Å². The fourth-order valence-corrected chi connectivity index (χ4v) is 3.47. The van der Waals surface area contributed by atoms with E-state index in [0.717, 1.165) is 15.8 Å². The number of hydrogen-bond donors (Lipinski definition) is 1. The molecule has 4 aromatic heterocycles. The molecule has 0 fully saturated rings. The number of oxazole rings is 1. The monoisotopic (exact) mass is 370 g/mol. The zero-order valence-corrected chi connectivity index (χ0v) is 15.0. The van der Waals surface area contributed by atoms with Crippen LogP contribution in [0, 0.1) is 6.92 Å². The van der Waals surface area contributed by atoms with E-state index >= 15 is 0 Å². The molecule has 0 saturated carbocycles. The smallest absolute Gasteiger partial charge is 0.294 e. The van der Waals surface area contributed by atoms with E-state index in [1.807, 2.05) is 13.2 Å². The highest BCUT2D eigenvalue weighted by Gasteiger charge is 2.19. The topological polar surface area (TPSA) is 108 Å². The number of carbonyl (C=O) groups is 1. The van der Waals surface area contributed by atoms with Crippen LogP contribution in [-0.2, 0) is 7.05 Å². The molecule has 0 radical (unpaired) electrons. The first-order chi connectivity index (χ1) is 12.5. The molecule has 0 saturated heterocycles. The molecule has 1 N–H and O–H groups in total. The molecule has 0 spiro atoms. The average molecular weight is 370 g/mol. The predicted octanol–water partition coefficient (Wildman–Crippen LogP) is 2.65. The van der Waals surface area contributed by atoms with Crippen molar-refractivity contribution >= 4 is 32.6 Å². The van der Waals surface area contributed by atoms with E-state index in [0.29, 0.717) is 22.4 Å². The Morgan fingerprint density at radius 2 is 2.15 bits per heavy atom. The number of fused-ring (bicyclic) bond motifs is 1. The van der Waals surface area contributed by atoms with Gasteiger partial charge in [-0.05, 0) is 0 Å². The van der Waals surface area contributed by atoms with Crippen LogP contribution in [0.3, 0.4) is 0 Å². The maximum atomic E-state index is 12.3. The first-order valence-corrected chi connectivity index (χ1v) is 8.43. The van der Waals surface area contributed by atoms with Crippen molar-refractivity contribution in [3.63, 3.8) is 0 Å². The Bertz CT molecular complexity index is 1110. The highest BCUT2D eigenvalue weighted by atomic mass is 32.1. The van der Waals surface area contributed by atoms with Crippen LogP contribution in [0.1, 0.15) is 16.4 Å². The summed E-state index contributed by atoms with van der Waals surface area (Å²) in [5.41, 5.74) is 2.34. The molecule has 10 heteroatoms. The third kappa shape index (κ3) is 2.80. The molecule has 0 bridgehead atoms. The maximum Gasteiger partial charge on any atom is 0.294 e. The van der Waals surface area contributed by atoms with E-state index in [1.165, 1.54) is 24.6 Å². The molecule has 4 rings (SSSR count). The molecule has 4 heterocycles. The minimum Gasteiger partial charge on any atom is -0.479 e. The van der Waals surface area contributed by atoms with Gasteiger partial charge in [-0.1, -0.05) is 11.3 Å². The van der Waals surface area contributed by atoms with Crippen molar-refractivity contribution in [1.82, 2.24) is 24.7 Å². The highest BCUT2D eigenvalue weighted by Crippen LogP contribution is 2.38. The van der Waals surface area contributed by atoms with Crippen LogP contribution in [0.15, 0.2) is 29.2 Å². The van der Waals surface area contributed by atoms with Crippen molar-refractivity contribution in [2.75, 3.05) is 12.4 Å². The summed E-state index contributed by atoms with van der Waals surface area (Å²) >= 11 is 1.33. The summed E-state index contributed by atoms with van der Waals surface area (Å²) < 4.78 is 13.1. The van der Waals surface area contributed by atoms with E-state index in [4.69, 9.17) is 9.15 Å². The summed E-state index contributed by atoms with van der Waals surface area (Å²) in [4.78, 5) is 25.0. The van der Waals surface area contributed by atoms with Gasteiger partial charge < -0.3 is 9.15 Å². The quantitative estimate of drug-likeness (QED) is 0.588. The number of aryl methyl sites for hydroxylation is 2. The summed E-state index contributed by atoms with van der Waals surface area (Å²) in [5, 5.41) is 7.33. The summed E-state index contributed by atoms with van der Waals surface area (Å²) in [6, 6.07) is 0. The molecule has 0 aliphatic carbocycles. The number of hydrogen-bond acceptors (Lipinski definition) is 8. The minimum atomic E-state index is -0.417. The largest absolute Gasteiger partial charge is 0.479 e. The van der Waals surface area contributed by atoms with Gasteiger partial charge in [-0.25, -0.2) is 15.0 Å². The molecular weight excluding hydrogens is 356 g/mol. The lowest BCUT2D eigenvalue weighted by molar-refractivity contribution is 0.0995. The average Bonchev–Trinajstić information content (AvgIpc) is 3.33. The van der Waals surface area contributed by atoms with E-state index < -0.39 is 5.91 Å². The number of nitrogens with zero attached hydrogens (tertiary/aromatic N) is 5. The van der Waals surface area contributed by atoms with Gasteiger partial charge in [-0.3, -0.25) is 14.8 Å². The van der Waals surface area contributed by atoms with Crippen LogP contribution in [0.5, 0.6) is 5.88 Å². The first kappa shape index (κ1) is 16.2. The Hall–Kier alpha value is -3.27. The number of pyridine rings is 1. The number of amides is 1. The second-order valence-electron chi connectivity index (χ2n) is 5.48. The van der Waals surface area contributed by atoms with E-state index in [1.54, 1.807) is 24.0 Å². The van der Waals surface area contributed by atoms with Crippen molar-refractivity contribution in [2.45, 2.75) is 6.92 Å². The number of aromatic nitrogens is 5. The number of nitrogens with one attached hydrogen (secondary N) is 1. The Morgan fingerprint density at radius 3 is 2.81 bits per heavy atom. The molecule has 1 amide bonds. The minimum absolute atomic E-state index is 0.124. The van der Waals surface area contributed by atoms with Crippen LogP contribution in [-0.4, -0.2) is 37.7 Å². The molecule has 9 nitrogen and oxygen atoms in total. The van der Waals surface area contributed by atoms with Gasteiger partial charge in [-0.15, -0.1) is 0 Å². The molecule has 26 heavy (non-hydrogen) atoms. The van der Waals surface area contributed by atoms with E-state index in [9.17, 15) is 4.79 Å². The van der Waals surface area contributed by atoms with Crippen molar-refractivity contribution < 1.29 is 13.9 Å². The second kappa shape index (κ2) is 6.23. The van der Waals surface area contributed by atoms with Gasteiger partial charge in [0.15, 0.2) is 11.0 Å². The van der Waals surface area contributed by atoms with Gasteiger partial charge >= 0.3 is 0 Å². The summed E-state index contributed by atoms with van der Waals surface area (Å²) in [5.74, 6) is 0.517.